The van der Waals surface area contributed by atoms with Gasteiger partial charge in [-0.15, -0.1) is 5.10 Å². The number of halogens is 1. The van der Waals surface area contributed by atoms with Crippen LogP contribution in [0.4, 0.5) is 0 Å². The second-order valence-corrected chi connectivity index (χ2v) is 7.87. The first-order valence-corrected chi connectivity index (χ1v) is 9.63. The fraction of sp³-hybridized carbons (Fsp3) is 0.200. The molecule has 1 N–H and O–H groups in total. The van der Waals surface area contributed by atoms with E-state index in [0.29, 0.717) is 15.8 Å². The molecule has 1 aliphatic heterocycles. The summed E-state index contributed by atoms with van der Waals surface area (Å²) in [5, 5.41) is 11.2. The molecule has 1 fully saturated rings. The summed E-state index contributed by atoms with van der Waals surface area (Å²) in [5.74, 6) is -0.270. The third-order valence-corrected chi connectivity index (χ3v) is 5.39. The van der Waals surface area contributed by atoms with Crippen molar-refractivity contribution in [3.8, 4) is 0 Å². The number of carbonyl (C=O) groups is 2. The van der Waals surface area contributed by atoms with Crippen LogP contribution >= 0.6 is 23.4 Å². The van der Waals surface area contributed by atoms with Crippen molar-refractivity contribution in [2.45, 2.75) is 25.5 Å². The van der Waals surface area contributed by atoms with Gasteiger partial charge in [-0.1, -0.05) is 53.2 Å². The van der Waals surface area contributed by atoms with E-state index in [1.807, 2.05) is 44.2 Å². The zero-order chi connectivity index (χ0) is 19.4. The highest BCUT2D eigenvalue weighted by Crippen LogP contribution is 2.25. The standard InChI is InChI=1S/C20H18ClN3O2S/c1-12-3-4-13(2)16(9-12)17(25)10-18-19(26)23-20(27-18)24-22-11-14-5-7-15(21)8-6-14/h3-9,11,18H,10H2,1-2H3,(H,23,24,26)/b22-11+. The Morgan fingerprint density at radius 1 is 1.22 bits per heavy atom. The Balaban J connectivity index is 1.64. The molecule has 5 nitrogen and oxygen atoms in total. The van der Waals surface area contributed by atoms with Gasteiger partial charge in [0.1, 0.15) is 0 Å². The van der Waals surface area contributed by atoms with Gasteiger partial charge in [-0.2, -0.15) is 5.10 Å². The predicted molar refractivity (Wildman–Crippen MR) is 111 cm³/mol. The number of nitrogens with one attached hydrogen (secondary N) is 1. The molecule has 3 rings (SSSR count). The number of rotatable bonds is 5. The maximum absolute atomic E-state index is 12.6. The fourth-order valence-corrected chi connectivity index (χ4v) is 3.65. The van der Waals surface area contributed by atoms with Crippen LogP contribution < -0.4 is 5.32 Å². The molecule has 138 valence electrons. The highest BCUT2D eigenvalue weighted by molar-refractivity contribution is 8.15. The van der Waals surface area contributed by atoms with E-state index in [4.69, 9.17) is 11.6 Å². The summed E-state index contributed by atoms with van der Waals surface area (Å²) in [4.78, 5) is 24.7. The van der Waals surface area contributed by atoms with Gasteiger partial charge in [-0.05, 0) is 43.2 Å². The largest absolute Gasteiger partial charge is 0.303 e. The second kappa shape index (κ2) is 8.50. The van der Waals surface area contributed by atoms with E-state index >= 15 is 0 Å². The van der Waals surface area contributed by atoms with E-state index in [0.717, 1.165) is 16.7 Å². The number of Topliss-reactive ketones (excluding diaryl/α,β-unsaturated/α-hetero) is 1. The molecule has 0 spiro atoms. The lowest BCUT2D eigenvalue weighted by molar-refractivity contribution is -0.118. The third-order valence-electron chi connectivity index (χ3n) is 4.07. The summed E-state index contributed by atoms with van der Waals surface area (Å²) in [6.45, 7) is 3.84. The van der Waals surface area contributed by atoms with E-state index < -0.39 is 5.25 Å². The van der Waals surface area contributed by atoms with Gasteiger partial charge < -0.3 is 5.32 Å². The topological polar surface area (TPSA) is 70.9 Å². The second-order valence-electron chi connectivity index (χ2n) is 6.24. The molecule has 2 aromatic carbocycles. The smallest absolute Gasteiger partial charge is 0.240 e. The zero-order valence-corrected chi connectivity index (χ0v) is 16.5. The first-order chi connectivity index (χ1) is 12.9. The number of hydrogen-bond donors (Lipinski definition) is 1. The molecule has 0 bridgehead atoms. The molecule has 1 saturated heterocycles. The monoisotopic (exact) mass is 399 g/mol. The predicted octanol–water partition coefficient (Wildman–Crippen LogP) is 4.15. The van der Waals surface area contributed by atoms with Crippen molar-refractivity contribution in [1.82, 2.24) is 5.32 Å². The van der Waals surface area contributed by atoms with Gasteiger partial charge in [-0.25, -0.2) is 0 Å². The molecule has 1 unspecified atom stereocenters. The van der Waals surface area contributed by atoms with Crippen molar-refractivity contribution in [2.75, 3.05) is 0 Å². The Kier molecular flexibility index (Phi) is 6.08. The van der Waals surface area contributed by atoms with Crippen LogP contribution in [0.15, 0.2) is 52.7 Å². The number of hydrogen-bond acceptors (Lipinski definition) is 5. The Labute approximate surface area is 166 Å². The third kappa shape index (κ3) is 5.05. The Bertz CT molecular complexity index is 939. The number of aryl methyl sites for hydroxylation is 2. The Hall–Kier alpha value is -2.44. The molecule has 2 aromatic rings. The van der Waals surface area contributed by atoms with Crippen molar-refractivity contribution in [3.05, 3.63) is 69.7 Å². The minimum absolute atomic E-state index is 0.0465. The van der Waals surface area contributed by atoms with E-state index in [1.54, 1.807) is 18.3 Å². The van der Waals surface area contributed by atoms with Crippen LogP contribution in [-0.4, -0.2) is 28.3 Å². The first kappa shape index (κ1) is 19.3. The molecular formula is C20H18ClN3O2S. The number of benzene rings is 2. The van der Waals surface area contributed by atoms with Crippen molar-refractivity contribution in [3.63, 3.8) is 0 Å². The van der Waals surface area contributed by atoms with Crippen LogP contribution in [0.1, 0.15) is 33.5 Å². The minimum Gasteiger partial charge on any atom is -0.303 e. The van der Waals surface area contributed by atoms with E-state index in [1.165, 1.54) is 11.8 Å². The highest BCUT2D eigenvalue weighted by Gasteiger charge is 2.32. The lowest BCUT2D eigenvalue weighted by Crippen LogP contribution is -2.26. The summed E-state index contributed by atoms with van der Waals surface area (Å²) in [5.41, 5.74) is 3.44. The van der Waals surface area contributed by atoms with Gasteiger partial charge in [0.2, 0.25) is 5.91 Å². The van der Waals surface area contributed by atoms with E-state index in [-0.39, 0.29) is 18.1 Å². The molecular weight excluding hydrogens is 382 g/mol. The Morgan fingerprint density at radius 3 is 2.70 bits per heavy atom. The molecule has 0 aromatic heterocycles. The average Bonchev–Trinajstić information content (AvgIpc) is 2.98. The van der Waals surface area contributed by atoms with Crippen LogP contribution in [0.2, 0.25) is 5.02 Å². The van der Waals surface area contributed by atoms with Crippen LogP contribution in [-0.2, 0) is 4.79 Å². The average molecular weight is 400 g/mol. The summed E-state index contributed by atoms with van der Waals surface area (Å²) in [7, 11) is 0. The summed E-state index contributed by atoms with van der Waals surface area (Å²) >= 11 is 7.06. The van der Waals surface area contributed by atoms with Crippen LogP contribution in [0.25, 0.3) is 0 Å². The van der Waals surface area contributed by atoms with Gasteiger partial charge in [0.05, 0.1) is 11.5 Å². The lowest BCUT2D eigenvalue weighted by Gasteiger charge is -2.08. The van der Waals surface area contributed by atoms with E-state index in [2.05, 4.69) is 15.5 Å². The SMILES string of the molecule is Cc1ccc(C)c(C(=O)CC2S/C(=N\N=C\c3ccc(Cl)cc3)NC2=O)c1. The first-order valence-electron chi connectivity index (χ1n) is 8.37. The Morgan fingerprint density at radius 2 is 1.96 bits per heavy atom. The highest BCUT2D eigenvalue weighted by atomic mass is 35.5. The molecule has 1 aliphatic rings. The van der Waals surface area contributed by atoms with Crippen LogP contribution in [0.5, 0.6) is 0 Å². The summed E-state index contributed by atoms with van der Waals surface area (Å²) in [6, 6.07) is 12.9. The number of nitrogens with zero attached hydrogens (tertiary/aromatic N) is 2. The van der Waals surface area contributed by atoms with Crippen molar-refractivity contribution < 1.29 is 9.59 Å². The zero-order valence-electron chi connectivity index (χ0n) is 14.9. The molecule has 1 amide bonds. The molecule has 0 saturated carbocycles. The molecule has 1 heterocycles. The number of thioether (sulfide) groups is 1. The quantitative estimate of drug-likeness (QED) is 0.466. The fourth-order valence-electron chi connectivity index (χ4n) is 2.60. The number of amides is 1. The van der Waals surface area contributed by atoms with Gasteiger partial charge in [0.25, 0.3) is 0 Å². The normalized spacial score (nSPS) is 18.3. The number of carbonyl (C=O) groups excluding carboxylic acids is 2. The maximum Gasteiger partial charge on any atom is 0.240 e. The summed E-state index contributed by atoms with van der Waals surface area (Å²) in [6.07, 6.45) is 1.70. The van der Waals surface area contributed by atoms with Crippen molar-refractivity contribution >= 4 is 46.4 Å². The van der Waals surface area contributed by atoms with Gasteiger partial charge in [-0.3, -0.25) is 9.59 Å². The number of ketones is 1. The van der Waals surface area contributed by atoms with Gasteiger partial charge in [0.15, 0.2) is 11.0 Å². The van der Waals surface area contributed by atoms with Gasteiger partial charge in [0, 0.05) is 17.0 Å². The lowest BCUT2D eigenvalue weighted by atomic mass is 9.99. The minimum atomic E-state index is -0.498. The van der Waals surface area contributed by atoms with Crippen LogP contribution in [0, 0.1) is 13.8 Å². The molecule has 0 radical (unpaired) electrons. The summed E-state index contributed by atoms with van der Waals surface area (Å²) < 4.78 is 0. The number of amidine groups is 1. The van der Waals surface area contributed by atoms with Crippen molar-refractivity contribution in [1.29, 1.82) is 0 Å². The van der Waals surface area contributed by atoms with Crippen molar-refractivity contribution in [2.24, 2.45) is 10.2 Å². The molecule has 0 aliphatic carbocycles. The molecule has 1 atom stereocenters. The molecule has 27 heavy (non-hydrogen) atoms. The maximum atomic E-state index is 12.6. The molecule has 7 heteroatoms. The van der Waals surface area contributed by atoms with E-state index in [9.17, 15) is 9.59 Å². The van der Waals surface area contributed by atoms with Gasteiger partial charge >= 0.3 is 0 Å². The van der Waals surface area contributed by atoms with Crippen LogP contribution in [0.3, 0.4) is 0 Å².